The molecule has 0 bridgehead atoms. The number of rotatable bonds is 2. The van der Waals surface area contributed by atoms with Crippen LogP contribution in [0.1, 0.15) is 33.3 Å². The summed E-state index contributed by atoms with van der Waals surface area (Å²) in [6.07, 6.45) is 3.50. The minimum absolute atomic E-state index is 0. The van der Waals surface area contributed by atoms with Crippen LogP contribution in [0.25, 0.3) is 0 Å². The Balaban J connectivity index is -0.000000321. The van der Waals surface area contributed by atoms with Crippen molar-refractivity contribution in [1.29, 1.82) is 0 Å². The quantitative estimate of drug-likeness (QED) is 0.228. The molecule has 0 aliphatic carbocycles. The molecule has 0 spiro atoms. The summed E-state index contributed by atoms with van der Waals surface area (Å²) in [5.74, 6) is 0. The van der Waals surface area contributed by atoms with E-state index in [1.165, 1.54) is 27.7 Å². The van der Waals surface area contributed by atoms with Crippen LogP contribution in [0, 0.1) is 6.92 Å². The molecule has 10 heteroatoms. The number of pyridine rings is 1. The zero-order chi connectivity index (χ0) is 22.5. The largest absolute Gasteiger partial charge is 0.411 e. The zero-order valence-electron chi connectivity index (χ0n) is 17.3. The Kier molecular flexibility index (Phi) is 22.9. The topological polar surface area (TPSA) is 143 Å². The van der Waals surface area contributed by atoms with E-state index in [-0.39, 0.29) is 16.8 Å². The molecule has 2 aromatic rings. The van der Waals surface area contributed by atoms with E-state index in [1.807, 2.05) is 48.5 Å². The third kappa shape index (κ3) is 19.4. The standard InChI is InChI=1S/C7H7.C5H5N.2C4H8N2O2.Co/c1-7-5-3-2-4-6-7;1-2-4-6-5-3-1;2*1-3(5-7)4(2)6-8;/h2-6H,1H2;1-5H;2*7-8H,1-2H3;/q-1;;;;/b;;2*5-3-,6-4-;. The van der Waals surface area contributed by atoms with Gasteiger partial charge < -0.3 is 20.8 Å². The van der Waals surface area contributed by atoms with Crippen molar-refractivity contribution in [3.05, 3.63) is 73.4 Å². The first-order valence-electron chi connectivity index (χ1n) is 8.31. The molecule has 2 rings (SSSR count). The summed E-state index contributed by atoms with van der Waals surface area (Å²) in [4.78, 5) is 3.78. The van der Waals surface area contributed by atoms with Gasteiger partial charge in [0.2, 0.25) is 0 Å². The molecule has 0 aliphatic heterocycles. The Morgan fingerprint density at radius 2 is 0.933 bits per heavy atom. The number of nitrogens with zero attached hydrogens (tertiary/aromatic N) is 5. The van der Waals surface area contributed by atoms with Crippen LogP contribution >= 0.6 is 0 Å². The van der Waals surface area contributed by atoms with Crippen LogP contribution in [-0.4, -0.2) is 48.7 Å². The summed E-state index contributed by atoms with van der Waals surface area (Å²) in [6, 6.07) is 15.6. The Morgan fingerprint density at radius 3 is 1.07 bits per heavy atom. The number of hydrogen-bond donors (Lipinski definition) is 4. The van der Waals surface area contributed by atoms with E-state index in [2.05, 4.69) is 32.5 Å². The number of benzene rings is 1. The van der Waals surface area contributed by atoms with Crippen LogP contribution in [0.5, 0.6) is 0 Å². The van der Waals surface area contributed by atoms with Crippen molar-refractivity contribution < 1.29 is 37.6 Å². The van der Waals surface area contributed by atoms with E-state index < -0.39 is 0 Å². The molecule has 0 atom stereocenters. The molecule has 0 saturated carbocycles. The maximum Gasteiger partial charge on any atom is 0.101 e. The van der Waals surface area contributed by atoms with Gasteiger partial charge in [-0.3, -0.25) is 4.98 Å². The predicted molar refractivity (Wildman–Crippen MR) is 115 cm³/mol. The number of hydrogen-bond acceptors (Lipinski definition) is 9. The summed E-state index contributed by atoms with van der Waals surface area (Å²) in [7, 11) is 0. The van der Waals surface area contributed by atoms with Crippen LogP contribution in [0.4, 0.5) is 0 Å². The van der Waals surface area contributed by atoms with Crippen molar-refractivity contribution in [2.75, 3.05) is 0 Å². The minimum atomic E-state index is 0. The first kappa shape index (κ1) is 31.3. The van der Waals surface area contributed by atoms with Gasteiger partial charge >= 0.3 is 0 Å². The van der Waals surface area contributed by atoms with E-state index in [1.54, 1.807) is 12.4 Å². The van der Waals surface area contributed by atoms with Crippen LogP contribution in [0.2, 0.25) is 0 Å². The zero-order valence-corrected chi connectivity index (χ0v) is 18.4. The molecule has 167 valence electrons. The maximum absolute atomic E-state index is 8.03. The Hall–Kier alpha value is -3.37. The molecular weight excluding hydrogens is 433 g/mol. The predicted octanol–water partition coefficient (Wildman–Crippen LogP) is 4.32. The van der Waals surface area contributed by atoms with E-state index in [0.29, 0.717) is 22.8 Å². The van der Waals surface area contributed by atoms with Gasteiger partial charge in [0.1, 0.15) is 22.8 Å². The monoisotopic (exact) mass is 461 g/mol. The smallest absolute Gasteiger partial charge is 0.101 e. The average Bonchev–Trinajstić information content (AvgIpc) is 2.79. The summed E-state index contributed by atoms with van der Waals surface area (Å²) in [5.41, 5.74) is 2.32. The molecule has 0 aliphatic rings. The molecule has 1 radical (unpaired) electrons. The first-order valence-corrected chi connectivity index (χ1v) is 8.31. The molecule has 4 N–H and O–H groups in total. The van der Waals surface area contributed by atoms with Gasteiger partial charge in [-0.05, 0) is 39.8 Å². The first-order chi connectivity index (χ1) is 13.8. The fourth-order valence-electron chi connectivity index (χ4n) is 1.08. The van der Waals surface area contributed by atoms with Crippen molar-refractivity contribution in [3.8, 4) is 0 Å². The number of oxime groups is 4. The van der Waals surface area contributed by atoms with Crippen LogP contribution in [0.3, 0.4) is 0 Å². The van der Waals surface area contributed by atoms with E-state index in [4.69, 9.17) is 20.8 Å². The van der Waals surface area contributed by atoms with Gasteiger partial charge in [0, 0.05) is 29.2 Å². The molecule has 0 saturated heterocycles. The van der Waals surface area contributed by atoms with Gasteiger partial charge in [0.05, 0.1) is 0 Å². The van der Waals surface area contributed by atoms with Gasteiger partial charge in [0.15, 0.2) is 0 Å². The normalized spacial score (nSPS) is 11.2. The van der Waals surface area contributed by atoms with Gasteiger partial charge in [-0.2, -0.15) is 24.6 Å². The van der Waals surface area contributed by atoms with Crippen molar-refractivity contribution in [2.24, 2.45) is 20.6 Å². The molecule has 0 fully saturated rings. The third-order valence-corrected chi connectivity index (χ3v) is 3.06. The summed E-state index contributed by atoms with van der Waals surface area (Å²) in [6.45, 7) is 9.87. The minimum Gasteiger partial charge on any atom is -0.411 e. The Bertz CT molecular complexity index is 677. The van der Waals surface area contributed by atoms with Crippen LogP contribution in [-0.2, 0) is 16.8 Å². The maximum atomic E-state index is 8.03. The summed E-state index contributed by atoms with van der Waals surface area (Å²) >= 11 is 0. The van der Waals surface area contributed by atoms with Gasteiger partial charge in [-0.15, -0.1) is 12.1 Å². The van der Waals surface area contributed by atoms with Crippen LogP contribution < -0.4 is 0 Å². The van der Waals surface area contributed by atoms with Crippen molar-refractivity contribution >= 4 is 22.8 Å². The average molecular weight is 461 g/mol. The van der Waals surface area contributed by atoms with E-state index in [0.717, 1.165) is 5.56 Å². The fraction of sp³-hybridized carbons (Fsp3) is 0.200. The van der Waals surface area contributed by atoms with Gasteiger partial charge in [0.25, 0.3) is 0 Å². The second-order valence-corrected chi connectivity index (χ2v) is 5.25. The molecule has 30 heavy (non-hydrogen) atoms. The molecule has 1 aromatic heterocycles. The van der Waals surface area contributed by atoms with Crippen molar-refractivity contribution in [1.82, 2.24) is 4.98 Å². The van der Waals surface area contributed by atoms with Gasteiger partial charge in [-0.25, -0.2) is 0 Å². The second kappa shape index (κ2) is 21.9. The van der Waals surface area contributed by atoms with Crippen molar-refractivity contribution in [2.45, 2.75) is 27.7 Å². The molecule has 0 unspecified atom stereocenters. The number of aromatic nitrogens is 1. The Morgan fingerprint density at radius 1 is 0.633 bits per heavy atom. The van der Waals surface area contributed by atoms with E-state index in [9.17, 15) is 0 Å². The third-order valence-electron chi connectivity index (χ3n) is 3.06. The second-order valence-electron chi connectivity index (χ2n) is 5.25. The molecular formula is C20H28CoN5O4-. The van der Waals surface area contributed by atoms with E-state index >= 15 is 0 Å². The summed E-state index contributed by atoms with van der Waals surface area (Å²) < 4.78 is 0. The Labute approximate surface area is 187 Å². The molecule has 1 aromatic carbocycles. The van der Waals surface area contributed by atoms with Crippen molar-refractivity contribution in [3.63, 3.8) is 0 Å². The molecule has 9 nitrogen and oxygen atoms in total. The molecule has 0 amide bonds. The SMILES string of the molecule is CC(=N/O)/C(C)=N\O.CC(=N/O)/C(C)=N\O.[CH2-]c1ccccc1.[Co].c1ccncc1. The van der Waals surface area contributed by atoms with Gasteiger partial charge in [-0.1, -0.05) is 32.8 Å². The fourth-order valence-corrected chi connectivity index (χ4v) is 1.08. The molecule has 1 heterocycles. The summed E-state index contributed by atoms with van der Waals surface area (Å²) in [5, 5.41) is 43.3. The van der Waals surface area contributed by atoms with Crippen LogP contribution in [0.15, 0.2) is 81.5 Å².